The van der Waals surface area contributed by atoms with E-state index in [0.717, 1.165) is 24.0 Å². The first-order valence-electron chi connectivity index (χ1n) is 11.2. The van der Waals surface area contributed by atoms with E-state index in [9.17, 15) is 17.6 Å². The number of nitrogens with zero attached hydrogens (tertiary/aromatic N) is 3. The van der Waals surface area contributed by atoms with Crippen LogP contribution in [-0.4, -0.2) is 41.3 Å². The monoisotopic (exact) mass is 505 g/mol. The second-order valence-corrected chi connectivity index (χ2v) is 11.6. The molecule has 1 saturated carbocycles. The lowest BCUT2D eigenvalue weighted by atomic mass is 10.0. The van der Waals surface area contributed by atoms with Gasteiger partial charge in [-0.1, -0.05) is 11.6 Å². The van der Waals surface area contributed by atoms with Crippen LogP contribution in [-0.2, 0) is 21.2 Å². The van der Waals surface area contributed by atoms with Gasteiger partial charge in [0.2, 0.25) is 15.9 Å². The fraction of sp³-hybridized carbons (Fsp3) is 0.435. The maximum Gasteiger partial charge on any atom is 0.241 e. The molecular formula is C23H25ClFN5O3S. The zero-order valence-electron chi connectivity index (χ0n) is 18.8. The van der Waals surface area contributed by atoms with E-state index in [2.05, 4.69) is 20.1 Å². The molecule has 1 unspecified atom stereocenters. The molecule has 0 spiro atoms. The number of hydrogen-bond acceptors (Lipinski definition) is 5. The molecule has 5 rings (SSSR count). The zero-order chi connectivity index (χ0) is 24.3. The number of sulfonamides is 1. The van der Waals surface area contributed by atoms with Crippen LogP contribution in [0, 0.1) is 5.92 Å². The number of nitrogens with one attached hydrogen (secondary N) is 2. The summed E-state index contributed by atoms with van der Waals surface area (Å²) in [5.41, 5.74) is 0.0245. The molecular weight excluding hydrogens is 481 g/mol. The minimum absolute atomic E-state index is 0.0115. The summed E-state index contributed by atoms with van der Waals surface area (Å²) in [5.74, 6) is 0.589. The number of carbonyl (C=O) groups excluding carboxylic acids is 1. The summed E-state index contributed by atoms with van der Waals surface area (Å²) in [5, 5.41) is 8.67. The average Bonchev–Trinajstić information content (AvgIpc) is 3.39. The van der Waals surface area contributed by atoms with Crippen LogP contribution >= 0.6 is 11.6 Å². The van der Waals surface area contributed by atoms with Gasteiger partial charge in [0.05, 0.1) is 17.1 Å². The first-order chi connectivity index (χ1) is 16.0. The van der Waals surface area contributed by atoms with Crippen molar-refractivity contribution < 1.29 is 17.6 Å². The fourth-order valence-corrected chi connectivity index (χ4v) is 5.99. The molecule has 11 heteroatoms. The molecule has 0 radical (unpaired) electrons. The van der Waals surface area contributed by atoms with Gasteiger partial charge in [0.25, 0.3) is 0 Å². The molecule has 1 fully saturated rings. The van der Waals surface area contributed by atoms with Gasteiger partial charge in [-0.3, -0.25) is 4.79 Å². The van der Waals surface area contributed by atoms with Gasteiger partial charge in [-0.25, -0.2) is 27.2 Å². The standard InChI is InChI=1S/C23H25ClFN5O3S/c1-23(2,25)12-28-34(32,33)19-9-15-14(17-11-26-20(24)10-16(17)19)5-6-18(15)30-21(7-8-27-30)29-22(31)13-3-4-13/h7-11,13,18,28H,3-6,12H2,1-2H3,(H,29,31). The molecule has 2 heterocycles. The molecule has 0 aliphatic heterocycles. The molecule has 34 heavy (non-hydrogen) atoms. The van der Waals surface area contributed by atoms with Crippen LogP contribution in [0.1, 0.15) is 50.3 Å². The molecule has 0 bridgehead atoms. The highest BCUT2D eigenvalue weighted by atomic mass is 35.5. The van der Waals surface area contributed by atoms with Crippen LogP contribution in [0.15, 0.2) is 35.5 Å². The molecule has 3 aromatic rings. The van der Waals surface area contributed by atoms with Gasteiger partial charge < -0.3 is 5.32 Å². The lowest BCUT2D eigenvalue weighted by Gasteiger charge is -2.20. The molecule has 8 nitrogen and oxygen atoms in total. The van der Waals surface area contributed by atoms with Gasteiger partial charge in [0, 0.05) is 35.5 Å². The van der Waals surface area contributed by atoms with Crippen molar-refractivity contribution in [3.05, 3.63) is 46.9 Å². The predicted octanol–water partition coefficient (Wildman–Crippen LogP) is 4.00. The van der Waals surface area contributed by atoms with E-state index in [0.29, 0.717) is 29.4 Å². The Kier molecular flexibility index (Phi) is 5.65. The lowest BCUT2D eigenvalue weighted by molar-refractivity contribution is -0.117. The van der Waals surface area contributed by atoms with E-state index >= 15 is 0 Å². The van der Waals surface area contributed by atoms with Crippen LogP contribution in [0.25, 0.3) is 10.8 Å². The second-order valence-electron chi connectivity index (χ2n) is 9.52. The summed E-state index contributed by atoms with van der Waals surface area (Å²) in [6, 6.07) is 4.61. The molecule has 2 aromatic heterocycles. The Bertz CT molecular complexity index is 1400. The maximum atomic E-state index is 14.1. The number of halogens is 2. The van der Waals surface area contributed by atoms with E-state index in [4.69, 9.17) is 11.6 Å². The largest absolute Gasteiger partial charge is 0.311 e. The van der Waals surface area contributed by atoms with E-state index < -0.39 is 15.7 Å². The van der Waals surface area contributed by atoms with E-state index in [-0.39, 0.29) is 34.5 Å². The lowest BCUT2D eigenvalue weighted by Crippen LogP contribution is -2.35. The van der Waals surface area contributed by atoms with Crippen molar-refractivity contribution in [3.63, 3.8) is 0 Å². The van der Waals surface area contributed by atoms with Crippen LogP contribution in [0.5, 0.6) is 0 Å². The minimum atomic E-state index is -4.06. The van der Waals surface area contributed by atoms with Gasteiger partial charge in [0.1, 0.15) is 16.6 Å². The third kappa shape index (κ3) is 4.42. The van der Waals surface area contributed by atoms with Crippen molar-refractivity contribution in [3.8, 4) is 0 Å². The van der Waals surface area contributed by atoms with Gasteiger partial charge >= 0.3 is 0 Å². The number of alkyl halides is 1. The highest BCUT2D eigenvalue weighted by molar-refractivity contribution is 7.89. The van der Waals surface area contributed by atoms with Crippen LogP contribution in [0.2, 0.25) is 5.15 Å². The second kappa shape index (κ2) is 8.28. The Morgan fingerprint density at radius 2 is 2.03 bits per heavy atom. The number of carbonyl (C=O) groups is 1. The molecule has 2 aliphatic carbocycles. The number of pyridine rings is 1. The van der Waals surface area contributed by atoms with Crippen molar-refractivity contribution in [2.45, 2.75) is 56.1 Å². The zero-order valence-corrected chi connectivity index (χ0v) is 20.4. The number of anilines is 1. The highest BCUT2D eigenvalue weighted by Crippen LogP contribution is 2.42. The summed E-state index contributed by atoms with van der Waals surface area (Å²) in [6.07, 6.45) is 6.33. The average molecular weight is 506 g/mol. The topological polar surface area (TPSA) is 106 Å². The first kappa shape index (κ1) is 23.2. The van der Waals surface area contributed by atoms with Gasteiger partial charge in [-0.2, -0.15) is 5.10 Å². The van der Waals surface area contributed by atoms with Gasteiger partial charge in [-0.05, 0) is 62.8 Å². The normalized spacial score (nSPS) is 18.3. The summed E-state index contributed by atoms with van der Waals surface area (Å²) < 4.78 is 44.7. The number of amides is 1. The summed E-state index contributed by atoms with van der Waals surface area (Å²) in [6.45, 7) is 2.25. The fourth-order valence-electron chi connectivity index (χ4n) is 4.40. The van der Waals surface area contributed by atoms with Crippen molar-refractivity contribution in [2.24, 2.45) is 5.92 Å². The Balaban J connectivity index is 1.60. The number of benzene rings is 1. The highest BCUT2D eigenvalue weighted by Gasteiger charge is 2.34. The molecule has 1 aromatic carbocycles. The molecule has 0 saturated heterocycles. The maximum absolute atomic E-state index is 14.1. The van der Waals surface area contributed by atoms with Crippen molar-refractivity contribution in [2.75, 3.05) is 11.9 Å². The number of rotatable bonds is 7. The third-order valence-corrected chi connectivity index (χ3v) is 7.91. The van der Waals surface area contributed by atoms with Crippen molar-refractivity contribution in [1.29, 1.82) is 0 Å². The Labute approximate surface area is 201 Å². The molecule has 180 valence electrons. The van der Waals surface area contributed by atoms with Gasteiger partial charge in [-0.15, -0.1) is 0 Å². The first-order valence-corrected chi connectivity index (χ1v) is 13.0. The summed E-state index contributed by atoms with van der Waals surface area (Å²) in [7, 11) is -4.06. The summed E-state index contributed by atoms with van der Waals surface area (Å²) in [4.78, 5) is 16.5. The van der Waals surface area contributed by atoms with Crippen molar-refractivity contribution in [1.82, 2.24) is 19.5 Å². The SMILES string of the molecule is CC(C)(F)CNS(=O)(=O)c1cc2c(c3cnc(Cl)cc13)CCC2n1nccc1NC(=O)C1CC1. The minimum Gasteiger partial charge on any atom is -0.311 e. The number of hydrogen-bond donors (Lipinski definition) is 2. The molecule has 1 amide bonds. The summed E-state index contributed by atoms with van der Waals surface area (Å²) >= 11 is 6.11. The smallest absolute Gasteiger partial charge is 0.241 e. The molecule has 2 N–H and O–H groups in total. The molecule has 1 atom stereocenters. The quantitative estimate of drug-likeness (QED) is 0.472. The van der Waals surface area contributed by atoms with E-state index in [1.165, 1.54) is 19.9 Å². The van der Waals surface area contributed by atoms with E-state index in [1.807, 2.05) is 0 Å². The Morgan fingerprint density at radius 3 is 2.74 bits per heavy atom. The number of aromatic nitrogens is 3. The van der Waals surface area contributed by atoms with Crippen LogP contribution < -0.4 is 10.0 Å². The third-order valence-electron chi connectivity index (χ3n) is 6.26. The Morgan fingerprint density at radius 1 is 1.26 bits per heavy atom. The Hall–Kier alpha value is -2.56. The molecule has 2 aliphatic rings. The van der Waals surface area contributed by atoms with Crippen LogP contribution in [0.3, 0.4) is 0 Å². The van der Waals surface area contributed by atoms with E-state index in [1.54, 1.807) is 29.2 Å². The number of fused-ring (bicyclic) bond motifs is 3. The predicted molar refractivity (Wildman–Crippen MR) is 127 cm³/mol. The number of aryl methyl sites for hydroxylation is 1. The van der Waals surface area contributed by atoms with Gasteiger partial charge in [0.15, 0.2) is 0 Å². The van der Waals surface area contributed by atoms with Crippen LogP contribution in [0.4, 0.5) is 10.2 Å². The van der Waals surface area contributed by atoms with Crippen molar-refractivity contribution >= 4 is 44.1 Å².